The van der Waals surface area contributed by atoms with E-state index in [4.69, 9.17) is 9.84 Å². The molecule has 2 aromatic carbocycles. The third kappa shape index (κ3) is 6.18. The van der Waals surface area contributed by atoms with Crippen molar-refractivity contribution in [3.63, 3.8) is 0 Å². The molecule has 2 rings (SSSR count). The van der Waals surface area contributed by atoms with Crippen molar-refractivity contribution in [1.29, 1.82) is 0 Å². The van der Waals surface area contributed by atoms with Crippen molar-refractivity contribution >= 4 is 17.8 Å². The van der Waals surface area contributed by atoms with Crippen LogP contribution in [0.1, 0.15) is 17.5 Å². The summed E-state index contributed by atoms with van der Waals surface area (Å²) in [6.07, 6.45) is -1.31. The predicted octanol–water partition coefficient (Wildman–Crippen LogP) is 2.21. The minimum atomic E-state index is -1.57. The van der Waals surface area contributed by atoms with Crippen molar-refractivity contribution in [3.05, 3.63) is 71.3 Å². The molecule has 1 atom stereocenters. The highest BCUT2D eigenvalue weighted by molar-refractivity contribution is 5.88. The second kappa shape index (κ2) is 9.42. The van der Waals surface area contributed by atoms with Gasteiger partial charge in [0.25, 0.3) is 0 Å². The molecule has 0 unspecified atom stereocenters. The van der Waals surface area contributed by atoms with E-state index >= 15 is 0 Å². The fourth-order valence-corrected chi connectivity index (χ4v) is 2.27. The summed E-state index contributed by atoms with van der Waals surface area (Å²) in [6.45, 7) is -0.0413. The number of carboxylic acid groups (broad SMARTS) is 1. The highest BCUT2D eigenvalue weighted by atomic mass is 19.1. The van der Waals surface area contributed by atoms with Crippen LogP contribution < -0.4 is 5.32 Å². The first kappa shape index (κ1) is 20.0. The maximum Gasteiger partial charge on any atom is 0.326 e. The fourth-order valence-electron chi connectivity index (χ4n) is 2.27. The number of aliphatic carboxylic acids is 1. The zero-order chi connectivity index (χ0) is 19.8. The van der Waals surface area contributed by atoms with Gasteiger partial charge in [-0.05, 0) is 17.7 Å². The number of ether oxygens (including phenoxy) is 1. The van der Waals surface area contributed by atoms with Gasteiger partial charge in [0.2, 0.25) is 5.91 Å². The van der Waals surface area contributed by atoms with E-state index in [-0.39, 0.29) is 6.61 Å². The molecule has 0 bridgehead atoms. The lowest BCUT2D eigenvalue weighted by atomic mass is 10.1. The maximum absolute atomic E-state index is 13.6. The van der Waals surface area contributed by atoms with Gasteiger partial charge in [0, 0.05) is 5.56 Å². The summed E-state index contributed by atoms with van der Waals surface area (Å²) in [5.41, 5.74) is 0.239. The van der Waals surface area contributed by atoms with E-state index in [9.17, 15) is 23.2 Å². The number of carbonyl (C=O) groups excluding carboxylic acids is 2. The average molecular weight is 377 g/mol. The second-order valence-corrected chi connectivity index (χ2v) is 5.69. The van der Waals surface area contributed by atoms with Crippen LogP contribution in [0.25, 0.3) is 0 Å². The number of halogens is 2. The lowest BCUT2D eigenvalue weighted by Gasteiger charge is -2.14. The smallest absolute Gasteiger partial charge is 0.326 e. The van der Waals surface area contributed by atoms with Crippen molar-refractivity contribution in [2.45, 2.75) is 25.5 Å². The van der Waals surface area contributed by atoms with Crippen LogP contribution in [0.2, 0.25) is 0 Å². The standard InChI is InChI=1S/C19H17F2NO5/c20-14-7-4-8-15(21)13(14)9-17(23)22-16(19(25)26)10-18(24)27-11-12-5-2-1-3-6-12/h1-8,16H,9-11H2,(H,22,23)(H,25,26)/t16-/m1/s1. The molecule has 0 fully saturated rings. The van der Waals surface area contributed by atoms with Crippen LogP contribution in [-0.4, -0.2) is 29.0 Å². The van der Waals surface area contributed by atoms with E-state index in [1.54, 1.807) is 30.3 Å². The normalized spacial score (nSPS) is 11.5. The summed E-state index contributed by atoms with van der Waals surface area (Å²) in [6, 6.07) is 10.3. The Morgan fingerprint density at radius 3 is 2.22 bits per heavy atom. The first-order valence-electron chi connectivity index (χ1n) is 8.01. The molecule has 0 spiro atoms. The highest BCUT2D eigenvalue weighted by Crippen LogP contribution is 2.13. The van der Waals surface area contributed by atoms with Crippen molar-refractivity contribution in [2.75, 3.05) is 0 Å². The summed E-state index contributed by atoms with van der Waals surface area (Å²) >= 11 is 0. The molecule has 2 N–H and O–H groups in total. The van der Waals surface area contributed by atoms with Crippen LogP contribution in [0.5, 0.6) is 0 Å². The number of rotatable bonds is 8. The number of carboxylic acids is 1. The number of carbonyl (C=O) groups is 3. The van der Waals surface area contributed by atoms with E-state index in [1.165, 1.54) is 0 Å². The minimum absolute atomic E-state index is 0.0413. The first-order valence-corrected chi connectivity index (χ1v) is 8.01. The zero-order valence-corrected chi connectivity index (χ0v) is 14.2. The zero-order valence-electron chi connectivity index (χ0n) is 14.2. The molecule has 1 amide bonds. The van der Waals surface area contributed by atoms with Gasteiger partial charge in [0.05, 0.1) is 12.8 Å². The SMILES string of the molecule is O=C(Cc1c(F)cccc1F)N[C@H](CC(=O)OCc1ccccc1)C(=O)O. The largest absolute Gasteiger partial charge is 0.480 e. The third-order valence-electron chi connectivity index (χ3n) is 3.65. The predicted molar refractivity (Wildman–Crippen MR) is 90.5 cm³/mol. The summed E-state index contributed by atoms with van der Waals surface area (Å²) in [4.78, 5) is 35.0. The molecular formula is C19H17F2NO5. The number of hydrogen-bond donors (Lipinski definition) is 2. The molecule has 142 valence electrons. The molecule has 8 heteroatoms. The molecular weight excluding hydrogens is 360 g/mol. The van der Waals surface area contributed by atoms with Crippen LogP contribution in [-0.2, 0) is 32.1 Å². The number of benzene rings is 2. The van der Waals surface area contributed by atoms with Gasteiger partial charge in [0.15, 0.2) is 0 Å². The molecule has 0 aliphatic rings. The summed E-state index contributed by atoms with van der Waals surface area (Å²) in [5.74, 6) is -5.06. The molecule has 0 saturated carbocycles. The Kier molecular flexibility index (Phi) is 6.99. The molecule has 27 heavy (non-hydrogen) atoms. The first-order chi connectivity index (χ1) is 12.9. The van der Waals surface area contributed by atoms with Crippen LogP contribution in [0.15, 0.2) is 48.5 Å². The van der Waals surface area contributed by atoms with Gasteiger partial charge in [-0.15, -0.1) is 0 Å². The quantitative estimate of drug-likeness (QED) is 0.688. The van der Waals surface area contributed by atoms with Crippen LogP contribution in [0.4, 0.5) is 8.78 Å². The maximum atomic E-state index is 13.6. The molecule has 0 aliphatic heterocycles. The summed E-state index contributed by atoms with van der Waals surface area (Å²) in [7, 11) is 0. The van der Waals surface area contributed by atoms with Crippen LogP contribution in [0, 0.1) is 11.6 Å². The van der Waals surface area contributed by atoms with E-state index in [1.807, 2.05) is 0 Å². The monoisotopic (exact) mass is 377 g/mol. The molecule has 6 nitrogen and oxygen atoms in total. The summed E-state index contributed by atoms with van der Waals surface area (Å²) in [5, 5.41) is 11.2. The number of nitrogens with one attached hydrogen (secondary N) is 1. The second-order valence-electron chi connectivity index (χ2n) is 5.69. The molecule has 0 aliphatic carbocycles. The number of esters is 1. The third-order valence-corrected chi connectivity index (χ3v) is 3.65. The Labute approximate surface area is 153 Å². The van der Waals surface area contributed by atoms with E-state index in [2.05, 4.69) is 5.32 Å². The van der Waals surface area contributed by atoms with Crippen molar-refractivity contribution < 1.29 is 33.0 Å². The lowest BCUT2D eigenvalue weighted by molar-refractivity contribution is -0.151. The van der Waals surface area contributed by atoms with Gasteiger partial charge in [-0.3, -0.25) is 9.59 Å². The average Bonchev–Trinajstić information content (AvgIpc) is 2.63. The van der Waals surface area contributed by atoms with Gasteiger partial charge in [-0.25, -0.2) is 13.6 Å². The number of amides is 1. The van der Waals surface area contributed by atoms with E-state index in [0.717, 1.165) is 23.8 Å². The highest BCUT2D eigenvalue weighted by Gasteiger charge is 2.25. The Balaban J connectivity index is 1.91. The minimum Gasteiger partial charge on any atom is -0.480 e. The van der Waals surface area contributed by atoms with Crippen LogP contribution in [0.3, 0.4) is 0 Å². The van der Waals surface area contributed by atoms with E-state index < -0.39 is 53.9 Å². The van der Waals surface area contributed by atoms with Crippen LogP contribution >= 0.6 is 0 Å². The van der Waals surface area contributed by atoms with Gasteiger partial charge in [-0.2, -0.15) is 0 Å². The molecule has 0 heterocycles. The van der Waals surface area contributed by atoms with Gasteiger partial charge in [-0.1, -0.05) is 36.4 Å². The van der Waals surface area contributed by atoms with Crippen molar-refractivity contribution in [3.8, 4) is 0 Å². The molecule has 0 aromatic heterocycles. The molecule has 2 aromatic rings. The van der Waals surface area contributed by atoms with Crippen molar-refractivity contribution in [1.82, 2.24) is 5.32 Å². The topological polar surface area (TPSA) is 92.7 Å². The van der Waals surface area contributed by atoms with Gasteiger partial charge in [0.1, 0.15) is 24.3 Å². The Morgan fingerprint density at radius 2 is 1.63 bits per heavy atom. The Bertz CT molecular complexity index is 806. The number of hydrogen-bond acceptors (Lipinski definition) is 4. The summed E-state index contributed by atoms with van der Waals surface area (Å²) < 4.78 is 32.1. The molecule has 0 saturated heterocycles. The fraction of sp³-hybridized carbons (Fsp3) is 0.211. The van der Waals surface area contributed by atoms with Crippen molar-refractivity contribution in [2.24, 2.45) is 0 Å². The lowest BCUT2D eigenvalue weighted by Crippen LogP contribution is -2.43. The van der Waals surface area contributed by atoms with E-state index in [0.29, 0.717) is 0 Å². The Morgan fingerprint density at radius 1 is 1.00 bits per heavy atom. The van der Waals surface area contributed by atoms with Gasteiger partial charge < -0.3 is 15.2 Å². The van der Waals surface area contributed by atoms with Gasteiger partial charge >= 0.3 is 11.9 Å². The Hall–Kier alpha value is -3.29. The molecule has 0 radical (unpaired) electrons.